The number of carbonyl (C=O) groups excluding carboxylic acids is 2. The van der Waals surface area contributed by atoms with E-state index in [-0.39, 0.29) is 12.3 Å². The van der Waals surface area contributed by atoms with Crippen molar-refractivity contribution in [3.05, 3.63) is 0 Å². The summed E-state index contributed by atoms with van der Waals surface area (Å²) in [5, 5.41) is 16.8. The van der Waals surface area contributed by atoms with Gasteiger partial charge < -0.3 is 19.7 Å². The number of carbonyl (C=O) groups is 2. The number of hydrogen-bond acceptors (Lipinski definition) is 6. The molecule has 0 aliphatic carbocycles. The molecule has 6 heteroatoms. The molecule has 0 aromatic rings. The maximum absolute atomic E-state index is 11.0. The molecule has 0 aromatic heterocycles. The van der Waals surface area contributed by atoms with Crippen LogP contribution in [0.1, 0.15) is 20.3 Å². The largest absolute Gasteiger partial charge is 0.460 e. The predicted molar refractivity (Wildman–Crippen MR) is 49.6 cm³/mol. The van der Waals surface area contributed by atoms with Gasteiger partial charge in [-0.05, 0) is 5.92 Å². The number of hydrogen-bond donors (Lipinski definition) is 2. The van der Waals surface area contributed by atoms with E-state index in [1.54, 1.807) is 13.8 Å². The minimum atomic E-state index is -0.787. The lowest BCUT2D eigenvalue weighted by Crippen LogP contribution is -2.28. The highest BCUT2D eigenvalue weighted by atomic mass is 16.6. The third-order valence-electron chi connectivity index (χ3n) is 1.75. The van der Waals surface area contributed by atoms with E-state index in [0.29, 0.717) is 0 Å². The highest BCUT2D eigenvalue weighted by Gasteiger charge is 2.22. The predicted octanol–water partition coefficient (Wildman–Crippen LogP) is -0.570. The lowest BCUT2D eigenvalue weighted by Gasteiger charge is -2.19. The molecule has 0 rings (SSSR count). The molecular weight excluding hydrogens is 204 g/mol. The Kier molecular flexibility index (Phi) is 6.64. The lowest BCUT2D eigenvalue weighted by molar-refractivity contribution is -0.163. The van der Waals surface area contributed by atoms with Gasteiger partial charge in [0.2, 0.25) is 0 Å². The first-order valence-electron chi connectivity index (χ1n) is 4.58. The fourth-order valence-electron chi connectivity index (χ4n) is 0.915. The Morgan fingerprint density at radius 2 is 1.80 bits per heavy atom. The molecule has 15 heavy (non-hydrogen) atoms. The van der Waals surface area contributed by atoms with Gasteiger partial charge >= 0.3 is 11.9 Å². The van der Waals surface area contributed by atoms with E-state index in [1.165, 1.54) is 0 Å². The Hall–Kier alpha value is -1.14. The summed E-state index contributed by atoms with van der Waals surface area (Å²) >= 11 is 0. The molecule has 88 valence electrons. The molecule has 1 atom stereocenters. The van der Waals surface area contributed by atoms with Crippen molar-refractivity contribution in [1.29, 1.82) is 0 Å². The Morgan fingerprint density at radius 3 is 2.20 bits per heavy atom. The Morgan fingerprint density at radius 1 is 1.20 bits per heavy atom. The molecule has 0 aliphatic rings. The van der Waals surface area contributed by atoms with Crippen LogP contribution in [0, 0.1) is 5.92 Å². The van der Waals surface area contributed by atoms with Crippen LogP contribution in [0.25, 0.3) is 0 Å². The van der Waals surface area contributed by atoms with Crippen molar-refractivity contribution >= 4 is 11.9 Å². The lowest BCUT2D eigenvalue weighted by atomic mass is 10.0. The van der Waals surface area contributed by atoms with Crippen molar-refractivity contribution in [2.75, 3.05) is 13.4 Å². The molecule has 0 bridgehead atoms. The van der Waals surface area contributed by atoms with Crippen LogP contribution in [0.2, 0.25) is 0 Å². The summed E-state index contributed by atoms with van der Waals surface area (Å²) < 4.78 is 9.11. The number of rotatable bonds is 6. The second kappa shape index (κ2) is 7.19. The Balaban J connectivity index is 4.16. The summed E-state index contributed by atoms with van der Waals surface area (Å²) in [5.41, 5.74) is 0. The summed E-state index contributed by atoms with van der Waals surface area (Å²) in [6.45, 7) is 2.11. The fourth-order valence-corrected chi connectivity index (χ4v) is 0.915. The quantitative estimate of drug-likeness (QED) is 0.460. The van der Waals surface area contributed by atoms with Gasteiger partial charge in [-0.1, -0.05) is 13.8 Å². The standard InChI is InChI=1S/C9H16O6/c1-6(2)7(15-9(13)4-10)3-8(12)14-5-11/h6-7,10-11H,3-5H2,1-2H3. The molecule has 6 nitrogen and oxygen atoms in total. The summed E-state index contributed by atoms with van der Waals surface area (Å²) in [6, 6.07) is 0. The van der Waals surface area contributed by atoms with Crippen LogP contribution in [-0.4, -0.2) is 41.7 Å². The second-order valence-electron chi connectivity index (χ2n) is 3.28. The molecule has 1 unspecified atom stereocenters. The van der Waals surface area contributed by atoms with E-state index in [0.717, 1.165) is 0 Å². The van der Waals surface area contributed by atoms with Crippen LogP contribution in [0.3, 0.4) is 0 Å². The van der Waals surface area contributed by atoms with Crippen LogP contribution in [0.15, 0.2) is 0 Å². The second-order valence-corrected chi connectivity index (χ2v) is 3.28. The van der Waals surface area contributed by atoms with Crippen LogP contribution in [-0.2, 0) is 19.1 Å². The number of ether oxygens (including phenoxy) is 2. The molecule has 0 fully saturated rings. The van der Waals surface area contributed by atoms with Gasteiger partial charge in [-0.15, -0.1) is 0 Å². The van der Waals surface area contributed by atoms with Crippen molar-refractivity contribution < 1.29 is 29.3 Å². The topological polar surface area (TPSA) is 93.1 Å². The van der Waals surface area contributed by atoms with Crippen LogP contribution in [0.5, 0.6) is 0 Å². The summed E-state index contributed by atoms with van der Waals surface area (Å²) in [6.07, 6.45) is -0.784. The molecule has 2 N–H and O–H groups in total. The summed E-state index contributed by atoms with van der Waals surface area (Å²) in [5.74, 6) is -1.51. The molecule has 0 radical (unpaired) electrons. The zero-order chi connectivity index (χ0) is 11.8. The molecule has 0 aromatic carbocycles. The fraction of sp³-hybridized carbons (Fsp3) is 0.778. The van der Waals surface area contributed by atoms with Gasteiger partial charge in [0.15, 0.2) is 6.79 Å². The minimum absolute atomic E-state index is 0.0771. The van der Waals surface area contributed by atoms with E-state index < -0.39 is 31.4 Å². The smallest absolute Gasteiger partial charge is 0.332 e. The third-order valence-corrected chi connectivity index (χ3v) is 1.75. The zero-order valence-corrected chi connectivity index (χ0v) is 8.80. The Bertz CT molecular complexity index is 213. The van der Waals surface area contributed by atoms with Crippen molar-refractivity contribution in [3.8, 4) is 0 Å². The first-order chi connectivity index (χ1) is 7.01. The average Bonchev–Trinajstić information content (AvgIpc) is 2.16. The summed E-state index contributed by atoms with van der Waals surface area (Å²) in [4.78, 5) is 21.8. The van der Waals surface area contributed by atoms with E-state index in [1.807, 2.05) is 0 Å². The molecule has 0 amide bonds. The van der Waals surface area contributed by atoms with Gasteiger partial charge in [0.05, 0.1) is 6.42 Å². The average molecular weight is 220 g/mol. The number of aliphatic hydroxyl groups is 2. The van der Waals surface area contributed by atoms with E-state index in [2.05, 4.69) is 4.74 Å². The third kappa shape index (κ3) is 6.03. The van der Waals surface area contributed by atoms with Crippen LogP contribution in [0.4, 0.5) is 0 Å². The highest BCUT2D eigenvalue weighted by molar-refractivity contribution is 5.73. The zero-order valence-electron chi connectivity index (χ0n) is 8.80. The normalized spacial score (nSPS) is 12.3. The van der Waals surface area contributed by atoms with Crippen molar-refractivity contribution in [3.63, 3.8) is 0 Å². The van der Waals surface area contributed by atoms with Gasteiger partial charge in [-0.25, -0.2) is 4.79 Å². The molecule has 0 aliphatic heterocycles. The van der Waals surface area contributed by atoms with E-state index in [9.17, 15) is 9.59 Å². The van der Waals surface area contributed by atoms with Gasteiger partial charge in [-0.3, -0.25) is 4.79 Å². The van der Waals surface area contributed by atoms with E-state index in [4.69, 9.17) is 14.9 Å². The molecule has 0 heterocycles. The maximum Gasteiger partial charge on any atom is 0.332 e. The van der Waals surface area contributed by atoms with Crippen molar-refractivity contribution in [1.82, 2.24) is 0 Å². The highest BCUT2D eigenvalue weighted by Crippen LogP contribution is 2.11. The number of aliphatic hydroxyl groups excluding tert-OH is 2. The van der Waals surface area contributed by atoms with Gasteiger partial charge in [0, 0.05) is 0 Å². The van der Waals surface area contributed by atoms with E-state index >= 15 is 0 Å². The van der Waals surface area contributed by atoms with Crippen molar-refractivity contribution in [2.24, 2.45) is 5.92 Å². The Labute approximate surface area is 87.8 Å². The van der Waals surface area contributed by atoms with Gasteiger partial charge in [0.1, 0.15) is 12.7 Å². The maximum atomic E-state index is 11.0. The molecule has 0 saturated carbocycles. The number of esters is 2. The van der Waals surface area contributed by atoms with Crippen LogP contribution >= 0.6 is 0 Å². The van der Waals surface area contributed by atoms with Gasteiger partial charge in [0.25, 0.3) is 0 Å². The molecular formula is C9H16O6. The minimum Gasteiger partial charge on any atom is -0.460 e. The monoisotopic (exact) mass is 220 g/mol. The summed E-state index contributed by atoms with van der Waals surface area (Å²) in [7, 11) is 0. The molecule has 0 spiro atoms. The van der Waals surface area contributed by atoms with Crippen LogP contribution < -0.4 is 0 Å². The van der Waals surface area contributed by atoms with Gasteiger partial charge in [-0.2, -0.15) is 0 Å². The SMILES string of the molecule is CC(C)C(CC(=O)OCO)OC(=O)CO. The van der Waals surface area contributed by atoms with Crippen molar-refractivity contribution in [2.45, 2.75) is 26.4 Å². The molecule has 0 saturated heterocycles. The first kappa shape index (κ1) is 13.9. The first-order valence-corrected chi connectivity index (χ1v) is 4.58.